The second-order valence-electron chi connectivity index (χ2n) is 10.7. The third kappa shape index (κ3) is 4.40. The van der Waals surface area contributed by atoms with E-state index < -0.39 is 5.41 Å². The number of rotatable bonds is 4. The van der Waals surface area contributed by atoms with Gasteiger partial charge in [-0.05, 0) is 66.1 Å². The summed E-state index contributed by atoms with van der Waals surface area (Å²) >= 11 is 0. The van der Waals surface area contributed by atoms with Gasteiger partial charge in [0.15, 0.2) is 0 Å². The second-order valence-corrected chi connectivity index (χ2v) is 10.7. The Morgan fingerprint density at radius 3 is 2.31 bits per heavy atom. The zero-order valence-electron chi connectivity index (χ0n) is 23.9. The Morgan fingerprint density at radius 1 is 0.949 bits per heavy atom. The number of esters is 2. The summed E-state index contributed by atoms with van der Waals surface area (Å²) in [6.07, 6.45) is 6.02. The van der Waals surface area contributed by atoms with Crippen molar-refractivity contribution in [2.24, 2.45) is 11.3 Å². The maximum atomic E-state index is 13.4. The topological polar surface area (TPSA) is 66.8 Å². The zero-order valence-corrected chi connectivity index (χ0v) is 25.3. The molecule has 0 saturated heterocycles. The van der Waals surface area contributed by atoms with Gasteiger partial charge in [0.1, 0.15) is 5.75 Å². The monoisotopic (exact) mass is 568 g/mol. The molecule has 1 aromatic heterocycles. The number of ether oxygens (including phenoxy) is 3. The van der Waals surface area contributed by atoms with Gasteiger partial charge in [-0.1, -0.05) is 46.1 Å². The summed E-state index contributed by atoms with van der Waals surface area (Å²) in [7, 11) is 4.57. The van der Waals surface area contributed by atoms with Gasteiger partial charge in [-0.15, -0.1) is 0 Å². The molecule has 3 aliphatic rings. The SMILES string of the molecule is CC.COC(=O)c1ccc2c(C3CCCCC3)c3n(c2c1)CC1(C(=O)OC)[C@H](c2cc(OC)ccc2-3)[C@@H]1C.[V]. The summed E-state index contributed by atoms with van der Waals surface area (Å²) in [6, 6.07) is 12.2. The van der Waals surface area contributed by atoms with Crippen LogP contribution >= 0.6 is 0 Å². The van der Waals surface area contributed by atoms with E-state index >= 15 is 0 Å². The van der Waals surface area contributed by atoms with Gasteiger partial charge >= 0.3 is 11.9 Å². The standard InChI is InChI=1S/C30H33NO5.C2H6.V/c1-17-26-23-15-20(34-2)11-13-21(23)27-25(18-8-6-5-7-9-18)22-12-10-19(28(32)35-3)14-24(22)31(27)16-30(17,26)29(33)36-4;1-2;/h10-15,17-18,26H,5-9,16H2,1-4H3;1-2H3;/t17-,26-,30?;;/m0../s1. The average molecular weight is 569 g/mol. The first kappa shape index (κ1) is 29.3. The van der Waals surface area contributed by atoms with Gasteiger partial charge in [0.25, 0.3) is 0 Å². The van der Waals surface area contributed by atoms with E-state index in [0.717, 1.165) is 40.6 Å². The molecule has 0 spiro atoms. The van der Waals surface area contributed by atoms with E-state index in [2.05, 4.69) is 29.7 Å². The third-order valence-corrected chi connectivity index (χ3v) is 9.13. The predicted molar refractivity (Wildman–Crippen MR) is 149 cm³/mol. The van der Waals surface area contributed by atoms with Crippen LogP contribution in [0.1, 0.15) is 86.2 Å². The van der Waals surface area contributed by atoms with Crippen molar-refractivity contribution in [3.63, 3.8) is 0 Å². The van der Waals surface area contributed by atoms with E-state index in [1.165, 1.54) is 44.7 Å². The van der Waals surface area contributed by atoms with Crippen LogP contribution in [0.3, 0.4) is 0 Å². The number of carbonyl (C=O) groups excluding carboxylic acids is 2. The molecule has 207 valence electrons. The number of benzene rings is 2. The first-order valence-electron chi connectivity index (χ1n) is 14.0. The Bertz CT molecular complexity index is 1390. The number of hydrogen-bond acceptors (Lipinski definition) is 5. The Hall–Kier alpha value is -2.70. The van der Waals surface area contributed by atoms with Gasteiger partial charge in [0.05, 0.1) is 38.0 Å². The van der Waals surface area contributed by atoms with Crippen molar-refractivity contribution >= 4 is 22.8 Å². The Labute approximate surface area is 243 Å². The van der Waals surface area contributed by atoms with Crippen LogP contribution < -0.4 is 4.74 Å². The van der Waals surface area contributed by atoms with Crippen LogP contribution in [0.15, 0.2) is 36.4 Å². The number of hydrogen-bond donors (Lipinski definition) is 0. The molecule has 2 aromatic carbocycles. The van der Waals surface area contributed by atoms with Gasteiger partial charge < -0.3 is 18.8 Å². The van der Waals surface area contributed by atoms with Gasteiger partial charge in [-0.2, -0.15) is 0 Å². The fourth-order valence-corrected chi connectivity index (χ4v) is 7.27. The summed E-state index contributed by atoms with van der Waals surface area (Å²) in [5.41, 5.74) is 5.69. The molecule has 3 atom stereocenters. The molecule has 2 fully saturated rings. The minimum Gasteiger partial charge on any atom is -0.497 e. The van der Waals surface area contributed by atoms with Gasteiger partial charge in [0, 0.05) is 47.5 Å². The normalized spacial score (nSPS) is 23.0. The zero-order chi connectivity index (χ0) is 27.2. The maximum absolute atomic E-state index is 13.4. The predicted octanol–water partition coefficient (Wildman–Crippen LogP) is 7.08. The summed E-state index contributed by atoms with van der Waals surface area (Å²) < 4.78 is 18.4. The van der Waals surface area contributed by atoms with E-state index in [1.807, 2.05) is 32.0 Å². The number of carbonyl (C=O) groups is 2. The Balaban J connectivity index is 0.00000115. The number of fused-ring (bicyclic) bond motifs is 7. The smallest absolute Gasteiger partial charge is 0.337 e. The van der Waals surface area contributed by atoms with Crippen LogP contribution in [0.25, 0.3) is 22.2 Å². The molecule has 0 amide bonds. The molecule has 0 bridgehead atoms. The van der Waals surface area contributed by atoms with E-state index in [9.17, 15) is 9.59 Å². The van der Waals surface area contributed by atoms with Gasteiger partial charge in [-0.25, -0.2) is 4.79 Å². The number of aromatic nitrogens is 1. The van der Waals surface area contributed by atoms with E-state index in [4.69, 9.17) is 14.2 Å². The molecule has 1 unspecified atom stereocenters. The molecule has 2 aliphatic carbocycles. The summed E-state index contributed by atoms with van der Waals surface area (Å²) in [4.78, 5) is 25.9. The first-order valence-corrected chi connectivity index (χ1v) is 14.0. The largest absolute Gasteiger partial charge is 0.497 e. The first-order chi connectivity index (χ1) is 18.5. The second kappa shape index (κ2) is 11.4. The van der Waals surface area contributed by atoms with Crippen LogP contribution in [0, 0.1) is 11.3 Å². The van der Waals surface area contributed by atoms with E-state index in [0.29, 0.717) is 18.0 Å². The van der Waals surface area contributed by atoms with Crippen LogP contribution in [-0.4, -0.2) is 37.8 Å². The Kier molecular flexibility index (Phi) is 8.58. The van der Waals surface area contributed by atoms with Gasteiger partial charge in [0.2, 0.25) is 0 Å². The molecule has 7 heteroatoms. The summed E-state index contributed by atoms with van der Waals surface area (Å²) in [6.45, 7) is 6.66. The third-order valence-electron chi connectivity index (χ3n) is 9.13. The quantitative estimate of drug-likeness (QED) is 0.315. The molecule has 39 heavy (non-hydrogen) atoms. The molecule has 0 N–H and O–H groups in total. The minimum absolute atomic E-state index is 0. The number of methoxy groups -OCH3 is 3. The molecule has 6 rings (SSSR count). The van der Waals surface area contributed by atoms with Crippen molar-refractivity contribution in [3.8, 4) is 17.0 Å². The fraction of sp³-hybridized carbons (Fsp3) is 0.500. The minimum atomic E-state index is -0.655. The Morgan fingerprint density at radius 2 is 1.67 bits per heavy atom. The fourth-order valence-electron chi connectivity index (χ4n) is 7.27. The van der Waals surface area contributed by atoms with Crippen molar-refractivity contribution in [2.75, 3.05) is 21.3 Å². The molecular weight excluding hydrogens is 529 g/mol. The van der Waals surface area contributed by atoms with Crippen molar-refractivity contribution in [2.45, 2.75) is 71.3 Å². The number of nitrogens with zero attached hydrogens (tertiary/aromatic N) is 1. The summed E-state index contributed by atoms with van der Waals surface area (Å²) in [5.74, 6) is 0.884. The maximum Gasteiger partial charge on any atom is 0.337 e. The van der Waals surface area contributed by atoms with Crippen LogP contribution in [0.4, 0.5) is 0 Å². The molecule has 2 heterocycles. The van der Waals surface area contributed by atoms with Crippen LogP contribution in [-0.2, 0) is 39.4 Å². The van der Waals surface area contributed by atoms with Crippen molar-refractivity contribution < 1.29 is 42.4 Å². The van der Waals surface area contributed by atoms with E-state index in [1.54, 1.807) is 7.11 Å². The molecule has 2 saturated carbocycles. The van der Waals surface area contributed by atoms with Crippen LogP contribution in [0.5, 0.6) is 5.75 Å². The van der Waals surface area contributed by atoms with E-state index in [-0.39, 0.29) is 42.3 Å². The van der Waals surface area contributed by atoms with Crippen molar-refractivity contribution in [3.05, 3.63) is 53.1 Å². The molecule has 1 aliphatic heterocycles. The van der Waals surface area contributed by atoms with Crippen molar-refractivity contribution in [1.29, 1.82) is 0 Å². The molecule has 6 nitrogen and oxygen atoms in total. The van der Waals surface area contributed by atoms with Crippen molar-refractivity contribution in [1.82, 2.24) is 4.57 Å². The molecule has 3 aromatic rings. The van der Waals surface area contributed by atoms with Crippen LogP contribution in [0.2, 0.25) is 0 Å². The average Bonchev–Trinajstić information content (AvgIpc) is 3.49. The molecule has 1 radical (unpaired) electrons. The molecular formula is C32H39NO5V. The summed E-state index contributed by atoms with van der Waals surface area (Å²) in [5, 5.41) is 1.16. The van der Waals surface area contributed by atoms with Gasteiger partial charge in [-0.3, -0.25) is 4.79 Å².